The van der Waals surface area contributed by atoms with Crippen LogP contribution in [0.5, 0.6) is 0 Å². The van der Waals surface area contributed by atoms with Crippen molar-refractivity contribution < 1.29 is 0 Å². The minimum absolute atomic E-state index is 1.23. The van der Waals surface area contributed by atoms with E-state index in [4.69, 9.17) is 0 Å². The molecule has 0 aliphatic heterocycles. The van der Waals surface area contributed by atoms with Gasteiger partial charge in [0.05, 0.1) is 0 Å². The van der Waals surface area contributed by atoms with Crippen LogP contribution in [0.1, 0.15) is 11.1 Å². The van der Waals surface area contributed by atoms with Crippen molar-refractivity contribution in [1.82, 2.24) is 0 Å². The molecule has 0 aliphatic carbocycles. The highest BCUT2D eigenvalue weighted by atomic mass is 14.2. The third kappa shape index (κ3) is 5.47. The molecule has 10 aromatic rings. The van der Waals surface area contributed by atoms with Crippen LogP contribution in [0.2, 0.25) is 0 Å². The van der Waals surface area contributed by atoms with E-state index >= 15 is 0 Å². The monoisotopic (exact) mass is 686 g/mol. The molecule has 10 rings (SSSR count). The summed E-state index contributed by atoms with van der Waals surface area (Å²) in [6, 6.07) is 71.9. The van der Waals surface area contributed by atoms with Crippen LogP contribution in [0.25, 0.3) is 98.7 Å². The number of hydrogen-bond donors (Lipinski definition) is 0. The Morgan fingerprint density at radius 1 is 0.222 bits per heavy atom. The fraction of sp³-hybridized carbons (Fsp3) is 0.0370. The predicted molar refractivity (Wildman–Crippen MR) is 233 cm³/mol. The van der Waals surface area contributed by atoms with E-state index in [9.17, 15) is 0 Å². The Hall–Kier alpha value is -6.76. The highest BCUT2D eigenvalue weighted by molar-refractivity contribution is 6.15. The lowest BCUT2D eigenvalue weighted by Gasteiger charge is -2.17. The molecule has 54 heavy (non-hydrogen) atoms. The molecule has 0 N–H and O–H groups in total. The maximum Gasteiger partial charge on any atom is -0.00987 e. The highest BCUT2D eigenvalue weighted by Gasteiger charge is 2.16. The molecule has 0 fully saturated rings. The summed E-state index contributed by atoms with van der Waals surface area (Å²) in [5.74, 6) is 0. The molecule has 0 saturated heterocycles. The topological polar surface area (TPSA) is 0 Å². The van der Waals surface area contributed by atoms with Crippen molar-refractivity contribution in [2.75, 3.05) is 0 Å². The van der Waals surface area contributed by atoms with E-state index < -0.39 is 0 Å². The van der Waals surface area contributed by atoms with Crippen LogP contribution >= 0.6 is 0 Å². The smallest absolute Gasteiger partial charge is 0.00987 e. The van der Waals surface area contributed by atoms with E-state index in [1.165, 1.54) is 110 Å². The summed E-state index contributed by atoms with van der Waals surface area (Å²) in [7, 11) is 0. The second kappa shape index (κ2) is 13.0. The van der Waals surface area contributed by atoms with Crippen LogP contribution in [0.15, 0.2) is 194 Å². The van der Waals surface area contributed by atoms with Gasteiger partial charge in [0.1, 0.15) is 0 Å². The summed E-state index contributed by atoms with van der Waals surface area (Å²) in [6.45, 7) is 4.28. The van der Waals surface area contributed by atoms with Gasteiger partial charge < -0.3 is 0 Å². The van der Waals surface area contributed by atoms with Crippen LogP contribution < -0.4 is 0 Å². The van der Waals surface area contributed by atoms with Gasteiger partial charge in [0.2, 0.25) is 0 Å². The van der Waals surface area contributed by atoms with Crippen molar-refractivity contribution >= 4 is 43.1 Å². The Labute approximate surface area is 316 Å². The zero-order valence-electron chi connectivity index (χ0n) is 30.5. The molecule has 0 bridgehead atoms. The average Bonchev–Trinajstić information content (AvgIpc) is 3.23. The van der Waals surface area contributed by atoms with Gasteiger partial charge in [0.15, 0.2) is 0 Å². The molecule has 254 valence electrons. The third-order valence-corrected chi connectivity index (χ3v) is 11.3. The first-order valence-electron chi connectivity index (χ1n) is 18.8. The Morgan fingerprint density at radius 2 is 0.519 bits per heavy atom. The first kappa shape index (κ1) is 31.9. The van der Waals surface area contributed by atoms with Gasteiger partial charge in [-0.2, -0.15) is 0 Å². The Balaban J connectivity index is 1.08. The van der Waals surface area contributed by atoms with Crippen molar-refractivity contribution in [2.45, 2.75) is 13.8 Å². The van der Waals surface area contributed by atoms with Gasteiger partial charge >= 0.3 is 0 Å². The van der Waals surface area contributed by atoms with Gasteiger partial charge in [-0.15, -0.1) is 0 Å². The molecule has 0 saturated carbocycles. The van der Waals surface area contributed by atoms with E-state index in [0.29, 0.717) is 0 Å². The van der Waals surface area contributed by atoms with Crippen molar-refractivity contribution in [1.29, 1.82) is 0 Å². The zero-order valence-corrected chi connectivity index (χ0v) is 30.5. The number of rotatable bonds is 5. The third-order valence-electron chi connectivity index (χ3n) is 11.3. The minimum Gasteiger partial charge on any atom is -0.0616 e. The molecule has 0 nitrogen and oxygen atoms in total. The summed E-state index contributed by atoms with van der Waals surface area (Å²) < 4.78 is 0. The van der Waals surface area contributed by atoms with E-state index in [1.54, 1.807) is 0 Å². The Bertz CT molecular complexity index is 3040. The molecule has 0 spiro atoms. The van der Waals surface area contributed by atoms with Gasteiger partial charge in [-0.3, -0.25) is 0 Å². The van der Waals surface area contributed by atoms with E-state index in [0.717, 1.165) is 0 Å². The van der Waals surface area contributed by atoms with Gasteiger partial charge in [-0.1, -0.05) is 193 Å². The largest absolute Gasteiger partial charge is 0.0616 e. The van der Waals surface area contributed by atoms with Crippen LogP contribution in [0.3, 0.4) is 0 Å². The van der Waals surface area contributed by atoms with E-state index in [1.807, 2.05) is 0 Å². The number of fused-ring (bicyclic) bond motifs is 4. The molecule has 10 aromatic carbocycles. The number of hydrogen-bond acceptors (Lipinski definition) is 0. The Morgan fingerprint density at radius 3 is 0.944 bits per heavy atom. The van der Waals surface area contributed by atoms with Crippen molar-refractivity contribution in [2.24, 2.45) is 0 Å². The zero-order chi connectivity index (χ0) is 36.2. The summed E-state index contributed by atoms with van der Waals surface area (Å²) >= 11 is 0. The summed E-state index contributed by atoms with van der Waals surface area (Å²) in [5.41, 5.74) is 15.0. The molecule has 0 unspecified atom stereocenters. The molecule has 0 amide bonds. The second-order valence-corrected chi connectivity index (χ2v) is 14.6. The van der Waals surface area contributed by atoms with Gasteiger partial charge in [-0.25, -0.2) is 0 Å². The summed E-state index contributed by atoms with van der Waals surface area (Å²) in [5, 5.41) is 10.1. The average molecular weight is 687 g/mol. The normalized spacial score (nSPS) is 11.5. The first-order chi connectivity index (χ1) is 26.6. The van der Waals surface area contributed by atoms with Crippen LogP contribution in [0.4, 0.5) is 0 Å². The van der Waals surface area contributed by atoms with Crippen LogP contribution in [0, 0.1) is 13.8 Å². The van der Waals surface area contributed by atoms with E-state index in [-0.39, 0.29) is 0 Å². The fourth-order valence-electron chi connectivity index (χ4n) is 8.41. The van der Waals surface area contributed by atoms with Gasteiger partial charge in [-0.05, 0) is 125 Å². The Kier molecular flexibility index (Phi) is 7.70. The van der Waals surface area contributed by atoms with Crippen molar-refractivity contribution in [3.63, 3.8) is 0 Å². The summed E-state index contributed by atoms with van der Waals surface area (Å²) in [6.07, 6.45) is 0. The number of aryl methyl sites for hydroxylation is 2. The lowest BCUT2D eigenvalue weighted by Crippen LogP contribution is -1.91. The second-order valence-electron chi connectivity index (χ2n) is 14.6. The SMILES string of the molecule is Cc1ccc(-c2ccc3cc(-c4ccc(-c5ccc(-c6ccc(-c7ccc(C)cc7)c7ccccc67)c6ccccc56)c5ccccc45)ccc3c2)cc1. The lowest BCUT2D eigenvalue weighted by molar-refractivity contribution is 1.47. The standard InChI is InChI=1S/C54H38/c1-35-15-19-37(20-16-35)39-23-24-41-34-42(26-25-40(41)33-39)44-28-30-52(48-12-6-4-10-46(44)48)54-32-31-53(49-13-7-8-14-50(49)54)51-29-27-43(38-21-17-36(2)18-22-38)45-9-3-5-11-47(45)51/h3-34H,1-2H3. The molecule has 0 aliphatic rings. The first-order valence-corrected chi connectivity index (χ1v) is 18.8. The van der Waals surface area contributed by atoms with Gasteiger partial charge in [0, 0.05) is 0 Å². The van der Waals surface area contributed by atoms with Crippen molar-refractivity contribution in [3.8, 4) is 55.6 Å². The van der Waals surface area contributed by atoms with Crippen LogP contribution in [-0.2, 0) is 0 Å². The molecule has 0 atom stereocenters. The quantitative estimate of drug-likeness (QED) is 0.169. The molecule has 0 heterocycles. The number of benzene rings is 10. The molecular weight excluding hydrogens is 649 g/mol. The molecule has 0 radical (unpaired) electrons. The van der Waals surface area contributed by atoms with Crippen LogP contribution in [-0.4, -0.2) is 0 Å². The minimum atomic E-state index is 1.23. The lowest BCUT2D eigenvalue weighted by atomic mass is 9.86. The van der Waals surface area contributed by atoms with Crippen molar-refractivity contribution in [3.05, 3.63) is 205 Å². The maximum absolute atomic E-state index is 2.34. The van der Waals surface area contributed by atoms with Gasteiger partial charge in [0.25, 0.3) is 0 Å². The highest BCUT2D eigenvalue weighted by Crippen LogP contribution is 2.43. The van der Waals surface area contributed by atoms with E-state index in [2.05, 4.69) is 208 Å². The maximum atomic E-state index is 2.34. The summed E-state index contributed by atoms with van der Waals surface area (Å²) in [4.78, 5) is 0. The molecule has 0 aromatic heterocycles. The fourth-order valence-corrected chi connectivity index (χ4v) is 8.41. The predicted octanol–water partition coefficient (Wildman–Crippen LogP) is 15.3. The molecule has 0 heteroatoms. The molecular formula is C54H38.